The summed E-state index contributed by atoms with van der Waals surface area (Å²) in [5.74, 6) is -0.639. The molecule has 7 heteroatoms. The van der Waals surface area contributed by atoms with Crippen LogP contribution in [0.2, 0.25) is 5.02 Å². The van der Waals surface area contributed by atoms with Gasteiger partial charge in [0.1, 0.15) is 11.5 Å². The van der Waals surface area contributed by atoms with Crippen LogP contribution in [0.1, 0.15) is 10.5 Å². The largest absolute Gasteiger partial charge is 0.383 e. The summed E-state index contributed by atoms with van der Waals surface area (Å²) in [6.45, 7) is 0.770. The van der Waals surface area contributed by atoms with E-state index in [1.807, 2.05) is 6.07 Å². The summed E-state index contributed by atoms with van der Waals surface area (Å²) in [5.41, 5.74) is 2.15. The van der Waals surface area contributed by atoms with Crippen molar-refractivity contribution in [2.75, 3.05) is 20.3 Å². The third-order valence-electron chi connectivity index (χ3n) is 3.75. The molecule has 0 bridgehead atoms. The third kappa shape index (κ3) is 3.92. The van der Waals surface area contributed by atoms with Gasteiger partial charge in [-0.1, -0.05) is 23.7 Å². The van der Waals surface area contributed by atoms with E-state index in [1.54, 1.807) is 43.5 Å². The minimum atomic E-state index is -0.336. The van der Waals surface area contributed by atoms with Crippen molar-refractivity contribution in [2.24, 2.45) is 0 Å². The van der Waals surface area contributed by atoms with E-state index in [4.69, 9.17) is 16.3 Å². The number of methoxy groups -OCH3 is 1. The Morgan fingerprint density at radius 1 is 1.23 bits per heavy atom. The van der Waals surface area contributed by atoms with Gasteiger partial charge in [-0.3, -0.25) is 4.79 Å². The monoisotopic (exact) mass is 373 g/mol. The van der Waals surface area contributed by atoms with E-state index in [2.05, 4.69) is 10.4 Å². The highest BCUT2D eigenvalue weighted by molar-refractivity contribution is 6.32. The zero-order chi connectivity index (χ0) is 18.5. The number of benzene rings is 2. The Labute approximate surface area is 155 Å². The molecule has 0 saturated carbocycles. The number of hydrogen-bond donors (Lipinski definition) is 1. The number of nitrogens with one attached hydrogen (secondary N) is 1. The maximum atomic E-state index is 13.2. The summed E-state index contributed by atoms with van der Waals surface area (Å²) in [4.78, 5) is 12.6. The van der Waals surface area contributed by atoms with Crippen LogP contribution in [0.25, 0.3) is 16.9 Å². The highest BCUT2D eigenvalue weighted by Gasteiger charge is 2.18. The molecule has 1 heterocycles. The summed E-state index contributed by atoms with van der Waals surface area (Å²) in [6, 6.07) is 14.7. The van der Waals surface area contributed by atoms with Gasteiger partial charge in [0.05, 0.1) is 23.0 Å². The fourth-order valence-electron chi connectivity index (χ4n) is 2.47. The summed E-state index contributed by atoms with van der Waals surface area (Å²) >= 11 is 6.28. The van der Waals surface area contributed by atoms with Crippen molar-refractivity contribution in [1.82, 2.24) is 15.1 Å². The van der Waals surface area contributed by atoms with Gasteiger partial charge in [-0.05, 0) is 42.5 Å². The molecule has 3 rings (SSSR count). The van der Waals surface area contributed by atoms with Crippen LogP contribution in [-0.2, 0) is 4.74 Å². The minimum Gasteiger partial charge on any atom is -0.383 e. The number of para-hydroxylation sites is 1. The molecule has 1 N–H and O–H groups in total. The molecular weight excluding hydrogens is 357 g/mol. The van der Waals surface area contributed by atoms with Gasteiger partial charge in [-0.2, -0.15) is 5.10 Å². The van der Waals surface area contributed by atoms with E-state index in [-0.39, 0.29) is 11.7 Å². The molecule has 0 radical (unpaired) electrons. The molecule has 0 saturated heterocycles. The lowest BCUT2D eigenvalue weighted by atomic mass is 10.1. The van der Waals surface area contributed by atoms with Crippen LogP contribution in [-0.4, -0.2) is 35.9 Å². The molecule has 26 heavy (non-hydrogen) atoms. The molecule has 5 nitrogen and oxygen atoms in total. The number of hydrogen-bond acceptors (Lipinski definition) is 3. The fourth-order valence-corrected chi connectivity index (χ4v) is 2.68. The summed E-state index contributed by atoms with van der Waals surface area (Å²) < 4.78 is 19.6. The first-order valence-corrected chi connectivity index (χ1v) is 8.36. The topological polar surface area (TPSA) is 56.1 Å². The maximum absolute atomic E-state index is 13.2. The smallest absolute Gasteiger partial charge is 0.270 e. The van der Waals surface area contributed by atoms with Crippen LogP contribution in [0, 0.1) is 5.82 Å². The Bertz CT molecular complexity index is 909. The number of halogens is 2. The summed E-state index contributed by atoms with van der Waals surface area (Å²) in [6.07, 6.45) is 0. The number of rotatable bonds is 6. The van der Waals surface area contributed by atoms with Gasteiger partial charge in [0.25, 0.3) is 5.91 Å². The van der Waals surface area contributed by atoms with E-state index in [0.717, 1.165) is 0 Å². The predicted molar refractivity (Wildman–Crippen MR) is 98.2 cm³/mol. The normalized spacial score (nSPS) is 10.7. The first-order valence-electron chi connectivity index (χ1n) is 7.98. The Hall–Kier alpha value is -2.70. The molecule has 0 fully saturated rings. The summed E-state index contributed by atoms with van der Waals surface area (Å²) in [5, 5.41) is 7.75. The van der Waals surface area contributed by atoms with E-state index in [1.165, 1.54) is 16.8 Å². The van der Waals surface area contributed by atoms with Crippen LogP contribution in [0.5, 0.6) is 0 Å². The molecule has 134 valence electrons. The quantitative estimate of drug-likeness (QED) is 0.670. The standard InChI is InChI=1S/C19H17ClFN3O2/c1-26-11-10-22-19(25)18-12-16(13-6-8-14(21)9-7-13)23-24(18)17-5-3-2-4-15(17)20/h2-9,12H,10-11H2,1H3,(H,22,25). The minimum absolute atomic E-state index is 0.303. The molecule has 0 spiro atoms. The zero-order valence-corrected chi connectivity index (χ0v) is 14.8. The van der Waals surface area contributed by atoms with Crippen LogP contribution >= 0.6 is 11.6 Å². The van der Waals surface area contributed by atoms with E-state index in [9.17, 15) is 9.18 Å². The van der Waals surface area contributed by atoms with Crippen molar-refractivity contribution < 1.29 is 13.9 Å². The molecular formula is C19H17ClFN3O2. The van der Waals surface area contributed by atoms with Gasteiger partial charge in [-0.25, -0.2) is 9.07 Å². The number of nitrogens with zero attached hydrogens (tertiary/aromatic N) is 2. The van der Waals surface area contributed by atoms with Gasteiger partial charge in [0.15, 0.2) is 0 Å². The fraction of sp³-hybridized carbons (Fsp3) is 0.158. The zero-order valence-electron chi connectivity index (χ0n) is 14.1. The van der Waals surface area contributed by atoms with Crippen molar-refractivity contribution >= 4 is 17.5 Å². The SMILES string of the molecule is COCCNC(=O)c1cc(-c2ccc(F)cc2)nn1-c1ccccc1Cl. The Kier molecular flexibility index (Phi) is 5.65. The number of carbonyl (C=O) groups is 1. The third-order valence-corrected chi connectivity index (χ3v) is 4.07. The van der Waals surface area contributed by atoms with E-state index in [0.29, 0.717) is 40.8 Å². The number of amides is 1. The molecule has 0 atom stereocenters. The van der Waals surface area contributed by atoms with Crippen LogP contribution < -0.4 is 5.32 Å². The molecule has 2 aromatic carbocycles. The van der Waals surface area contributed by atoms with Gasteiger partial charge >= 0.3 is 0 Å². The number of ether oxygens (including phenoxy) is 1. The molecule has 1 aromatic heterocycles. The van der Waals surface area contributed by atoms with E-state index >= 15 is 0 Å². The molecule has 0 aliphatic rings. The number of carbonyl (C=O) groups excluding carboxylic acids is 1. The Morgan fingerprint density at radius 2 is 1.96 bits per heavy atom. The molecule has 3 aromatic rings. The highest BCUT2D eigenvalue weighted by Crippen LogP contribution is 2.25. The van der Waals surface area contributed by atoms with E-state index < -0.39 is 0 Å². The average molecular weight is 374 g/mol. The molecule has 0 unspecified atom stereocenters. The van der Waals surface area contributed by atoms with Gasteiger partial charge in [-0.15, -0.1) is 0 Å². The molecule has 0 aliphatic heterocycles. The van der Waals surface area contributed by atoms with Gasteiger partial charge in [0.2, 0.25) is 0 Å². The maximum Gasteiger partial charge on any atom is 0.270 e. The second kappa shape index (κ2) is 8.12. The second-order valence-electron chi connectivity index (χ2n) is 5.53. The van der Waals surface area contributed by atoms with Crippen molar-refractivity contribution in [1.29, 1.82) is 0 Å². The number of aromatic nitrogens is 2. The van der Waals surface area contributed by atoms with Crippen molar-refractivity contribution in [3.05, 3.63) is 71.1 Å². The highest BCUT2D eigenvalue weighted by atomic mass is 35.5. The van der Waals surface area contributed by atoms with Crippen LogP contribution in [0.3, 0.4) is 0 Å². The summed E-state index contributed by atoms with van der Waals surface area (Å²) in [7, 11) is 1.56. The van der Waals surface area contributed by atoms with Crippen molar-refractivity contribution in [3.8, 4) is 16.9 Å². The van der Waals surface area contributed by atoms with Crippen LogP contribution in [0.15, 0.2) is 54.6 Å². The molecule has 1 amide bonds. The van der Waals surface area contributed by atoms with Gasteiger partial charge < -0.3 is 10.1 Å². The second-order valence-corrected chi connectivity index (χ2v) is 5.94. The Balaban J connectivity index is 2.04. The molecule has 0 aliphatic carbocycles. The lowest BCUT2D eigenvalue weighted by Crippen LogP contribution is -2.28. The average Bonchev–Trinajstić information content (AvgIpc) is 3.08. The first-order chi connectivity index (χ1) is 12.6. The first kappa shape index (κ1) is 18.1. The lowest BCUT2D eigenvalue weighted by molar-refractivity contribution is 0.0929. The lowest BCUT2D eigenvalue weighted by Gasteiger charge is -2.09. The van der Waals surface area contributed by atoms with Crippen molar-refractivity contribution in [3.63, 3.8) is 0 Å². The predicted octanol–water partition coefficient (Wildman–Crippen LogP) is 3.71. The Morgan fingerprint density at radius 3 is 2.65 bits per heavy atom. The van der Waals surface area contributed by atoms with Gasteiger partial charge in [0, 0.05) is 19.2 Å². The van der Waals surface area contributed by atoms with Crippen molar-refractivity contribution in [2.45, 2.75) is 0 Å². The van der Waals surface area contributed by atoms with Crippen LogP contribution in [0.4, 0.5) is 4.39 Å².